The Morgan fingerprint density at radius 2 is 2.22 bits per heavy atom. The first-order chi connectivity index (χ1) is 9.52. The number of rotatable bonds is 8. The number of hydrogen-bond acceptors (Lipinski definition) is 2. The SMILES string of the molecule is [2H]C([2H])([2H])N(C(=N)N)[C@H](CC(C)[C@@H](C)CCC=C)C(=O)O. The summed E-state index contributed by atoms with van der Waals surface area (Å²) >= 11 is 0. The number of nitrogens with zero attached hydrogens (tertiary/aromatic N) is 1. The quantitative estimate of drug-likeness (QED) is 0.352. The van der Waals surface area contributed by atoms with Crippen LogP contribution in [0.1, 0.15) is 37.2 Å². The molecule has 0 rings (SSSR count). The molecule has 1 unspecified atom stereocenters. The molecular formula is C13H25N3O2. The first-order valence-corrected chi connectivity index (χ1v) is 5.99. The highest BCUT2D eigenvalue weighted by atomic mass is 16.4. The summed E-state index contributed by atoms with van der Waals surface area (Å²) in [4.78, 5) is 11.9. The van der Waals surface area contributed by atoms with Crippen molar-refractivity contribution < 1.29 is 14.0 Å². The summed E-state index contributed by atoms with van der Waals surface area (Å²) in [6.45, 7) is 4.76. The molecule has 0 spiro atoms. The molecule has 0 bridgehead atoms. The molecule has 0 amide bonds. The van der Waals surface area contributed by atoms with Crippen LogP contribution in [0.5, 0.6) is 0 Å². The van der Waals surface area contributed by atoms with Crippen LogP contribution in [0.15, 0.2) is 12.7 Å². The number of likely N-dealkylation sites (N-methyl/N-ethyl adjacent to an activating group) is 1. The fourth-order valence-electron chi connectivity index (χ4n) is 1.73. The molecule has 0 aromatic heterocycles. The van der Waals surface area contributed by atoms with Gasteiger partial charge in [-0.1, -0.05) is 19.9 Å². The van der Waals surface area contributed by atoms with Crippen molar-refractivity contribution >= 4 is 11.9 Å². The van der Waals surface area contributed by atoms with E-state index in [0.717, 1.165) is 12.8 Å². The van der Waals surface area contributed by atoms with Gasteiger partial charge in [0.2, 0.25) is 0 Å². The lowest BCUT2D eigenvalue weighted by Gasteiger charge is -2.29. The highest BCUT2D eigenvalue weighted by molar-refractivity contribution is 5.82. The van der Waals surface area contributed by atoms with Crippen molar-refractivity contribution in [1.82, 2.24) is 4.90 Å². The first-order valence-electron chi connectivity index (χ1n) is 7.49. The van der Waals surface area contributed by atoms with Gasteiger partial charge in [0.25, 0.3) is 0 Å². The minimum Gasteiger partial charge on any atom is -0.480 e. The van der Waals surface area contributed by atoms with E-state index < -0.39 is 24.9 Å². The van der Waals surface area contributed by atoms with E-state index in [4.69, 9.17) is 15.3 Å². The van der Waals surface area contributed by atoms with Crippen molar-refractivity contribution in [2.75, 3.05) is 6.98 Å². The van der Waals surface area contributed by atoms with E-state index in [2.05, 4.69) is 6.58 Å². The monoisotopic (exact) mass is 258 g/mol. The molecule has 0 aliphatic rings. The van der Waals surface area contributed by atoms with Crippen LogP contribution in [-0.4, -0.2) is 35.0 Å². The minimum atomic E-state index is -2.75. The van der Waals surface area contributed by atoms with Gasteiger partial charge < -0.3 is 15.7 Å². The molecule has 5 heteroatoms. The number of hydrogen-bond donors (Lipinski definition) is 3. The van der Waals surface area contributed by atoms with Gasteiger partial charge in [-0.15, -0.1) is 6.58 Å². The van der Waals surface area contributed by atoms with Gasteiger partial charge in [0.1, 0.15) is 6.04 Å². The van der Waals surface area contributed by atoms with Gasteiger partial charge in [-0.05, 0) is 31.1 Å². The van der Waals surface area contributed by atoms with E-state index in [0.29, 0.717) is 4.90 Å². The molecule has 0 saturated heterocycles. The second-order valence-electron chi connectivity index (χ2n) is 4.67. The summed E-state index contributed by atoms with van der Waals surface area (Å²) in [6.07, 6.45) is 3.58. The van der Waals surface area contributed by atoms with Crippen LogP contribution in [0, 0.1) is 17.2 Å². The predicted octanol–water partition coefficient (Wildman–Crippen LogP) is 1.89. The van der Waals surface area contributed by atoms with Crippen LogP contribution in [0.4, 0.5) is 0 Å². The number of nitrogens with one attached hydrogen (secondary N) is 1. The third kappa shape index (κ3) is 5.21. The molecule has 3 atom stereocenters. The Morgan fingerprint density at radius 3 is 2.61 bits per heavy atom. The lowest BCUT2D eigenvalue weighted by atomic mass is 9.86. The van der Waals surface area contributed by atoms with Gasteiger partial charge in [0, 0.05) is 11.1 Å². The molecule has 0 aromatic rings. The number of nitrogens with two attached hydrogens (primary N) is 1. The highest BCUT2D eigenvalue weighted by Gasteiger charge is 2.27. The zero-order valence-electron chi connectivity index (χ0n) is 14.0. The number of aliphatic carboxylic acids is 1. The fourth-order valence-corrected chi connectivity index (χ4v) is 1.73. The number of carboxylic acid groups (broad SMARTS) is 1. The molecule has 104 valence electrons. The van der Waals surface area contributed by atoms with Gasteiger partial charge in [-0.2, -0.15) is 0 Å². The topological polar surface area (TPSA) is 90.4 Å². The summed E-state index contributed by atoms with van der Waals surface area (Å²) in [7, 11) is 0. The van der Waals surface area contributed by atoms with Crippen molar-refractivity contribution in [3.8, 4) is 0 Å². The normalized spacial score (nSPS) is 18.7. The zero-order chi connectivity index (χ0) is 16.8. The van der Waals surface area contributed by atoms with Crippen LogP contribution in [-0.2, 0) is 4.79 Å². The molecule has 18 heavy (non-hydrogen) atoms. The molecule has 0 saturated carbocycles. The molecule has 0 aromatic carbocycles. The molecule has 0 heterocycles. The van der Waals surface area contributed by atoms with Gasteiger partial charge in [-0.3, -0.25) is 5.41 Å². The minimum absolute atomic E-state index is 0.0183. The second-order valence-corrected chi connectivity index (χ2v) is 4.67. The number of carbonyl (C=O) groups is 1. The Bertz CT molecular complexity index is 385. The number of guanidine groups is 1. The maximum Gasteiger partial charge on any atom is 0.326 e. The molecule has 0 aliphatic carbocycles. The van der Waals surface area contributed by atoms with E-state index in [1.54, 1.807) is 6.08 Å². The van der Waals surface area contributed by atoms with Gasteiger partial charge in [0.15, 0.2) is 5.96 Å². The summed E-state index contributed by atoms with van der Waals surface area (Å²) in [5, 5.41) is 16.7. The Hall–Kier alpha value is -1.52. The Labute approximate surface area is 113 Å². The lowest BCUT2D eigenvalue weighted by molar-refractivity contribution is -0.142. The van der Waals surface area contributed by atoms with E-state index in [1.807, 2.05) is 13.8 Å². The Kier molecular flexibility index (Phi) is 4.97. The maximum atomic E-state index is 11.4. The van der Waals surface area contributed by atoms with Crippen LogP contribution in [0.3, 0.4) is 0 Å². The second kappa shape index (κ2) is 7.74. The summed E-state index contributed by atoms with van der Waals surface area (Å²) in [5.74, 6) is -1.84. The molecule has 0 aliphatic heterocycles. The Morgan fingerprint density at radius 1 is 1.61 bits per heavy atom. The third-order valence-electron chi connectivity index (χ3n) is 3.25. The van der Waals surface area contributed by atoms with E-state index in [-0.39, 0.29) is 18.3 Å². The van der Waals surface area contributed by atoms with Crippen LogP contribution in [0.25, 0.3) is 0 Å². The average Bonchev–Trinajstić information content (AvgIpc) is 2.32. The zero-order valence-corrected chi connectivity index (χ0v) is 11.0. The first kappa shape index (κ1) is 11.6. The maximum absolute atomic E-state index is 11.4. The van der Waals surface area contributed by atoms with Gasteiger partial charge in [-0.25, -0.2) is 4.79 Å². The summed E-state index contributed by atoms with van der Waals surface area (Å²) in [5.41, 5.74) is 5.27. The Balaban J connectivity index is 5.10. The largest absolute Gasteiger partial charge is 0.480 e. The van der Waals surface area contributed by atoms with E-state index >= 15 is 0 Å². The van der Waals surface area contributed by atoms with Crippen molar-refractivity contribution in [2.45, 2.75) is 39.2 Å². The summed E-state index contributed by atoms with van der Waals surface area (Å²) in [6, 6.07) is -1.34. The number of allylic oxidation sites excluding steroid dienone is 1. The molecule has 4 N–H and O–H groups in total. The standard InChI is InChI=1S/C13H25N3O2/c1-5-6-7-9(2)10(3)8-11(12(17)18)16(4)13(14)15/h5,9-11H,1,6-8H2,2-4H3,(H3,14,15)(H,17,18)/t9-,10?,11+/m0/s1/i4D3. The highest BCUT2D eigenvalue weighted by Crippen LogP contribution is 2.23. The predicted molar refractivity (Wildman–Crippen MR) is 73.5 cm³/mol. The molecule has 0 fully saturated rings. The van der Waals surface area contributed by atoms with Crippen LogP contribution < -0.4 is 5.73 Å². The van der Waals surface area contributed by atoms with E-state index in [9.17, 15) is 9.90 Å². The fraction of sp³-hybridized carbons (Fsp3) is 0.692. The van der Waals surface area contributed by atoms with Crippen molar-refractivity contribution in [3.05, 3.63) is 12.7 Å². The lowest BCUT2D eigenvalue weighted by Crippen LogP contribution is -2.46. The third-order valence-corrected chi connectivity index (χ3v) is 3.25. The smallest absolute Gasteiger partial charge is 0.326 e. The van der Waals surface area contributed by atoms with Crippen molar-refractivity contribution in [3.63, 3.8) is 0 Å². The molecule has 5 nitrogen and oxygen atoms in total. The van der Waals surface area contributed by atoms with Gasteiger partial charge in [0.05, 0.1) is 0 Å². The van der Waals surface area contributed by atoms with Crippen LogP contribution >= 0.6 is 0 Å². The van der Waals surface area contributed by atoms with E-state index in [1.165, 1.54) is 0 Å². The van der Waals surface area contributed by atoms with Crippen molar-refractivity contribution in [1.29, 1.82) is 5.41 Å². The average molecular weight is 258 g/mol. The molecule has 0 radical (unpaired) electrons. The number of carboxylic acids is 1. The van der Waals surface area contributed by atoms with Crippen LogP contribution in [0.2, 0.25) is 0 Å². The molecular weight excluding hydrogens is 230 g/mol. The van der Waals surface area contributed by atoms with Gasteiger partial charge >= 0.3 is 5.97 Å². The van der Waals surface area contributed by atoms with Crippen molar-refractivity contribution in [2.24, 2.45) is 17.6 Å². The summed E-state index contributed by atoms with van der Waals surface area (Å²) < 4.78 is 22.1.